The monoisotopic (exact) mass is 326 g/mol. The average molecular weight is 326 g/mol. The van der Waals surface area contributed by atoms with Crippen LogP contribution in [0.3, 0.4) is 0 Å². The quantitative estimate of drug-likeness (QED) is 0.474. The molecule has 0 atom stereocenters. The molecule has 4 aromatic rings. The molecule has 4 rings (SSSR count). The van der Waals surface area contributed by atoms with Crippen LogP contribution in [-0.2, 0) is 6.54 Å². The second-order valence-electron chi connectivity index (χ2n) is 6.70. The van der Waals surface area contributed by atoms with Crippen LogP contribution >= 0.6 is 0 Å². The summed E-state index contributed by atoms with van der Waals surface area (Å²) in [4.78, 5) is 4.74. The highest BCUT2D eigenvalue weighted by Crippen LogP contribution is 2.33. The molecule has 0 unspecified atom stereocenters. The first kappa shape index (κ1) is 15.6. The standard InChI is InChI=1S/C23H22N2/c1-16-9-11-20(12-10-16)22-23-21(13-14-24-22)17(2)18(3)25(23)15-19-7-5-4-6-8-19/h4-14H,15H2,1-3H3. The van der Waals surface area contributed by atoms with E-state index in [-0.39, 0.29) is 0 Å². The first-order chi connectivity index (χ1) is 12.1. The van der Waals surface area contributed by atoms with Crippen LogP contribution in [0.25, 0.3) is 22.2 Å². The molecule has 0 aliphatic carbocycles. The minimum atomic E-state index is 0.863. The number of hydrogen-bond acceptors (Lipinski definition) is 1. The number of aryl methyl sites for hydroxylation is 2. The summed E-state index contributed by atoms with van der Waals surface area (Å²) >= 11 is 0. The van der Waals surface area contributed by atoms with Gasteiger partial charge in [-0.3, -0.25) is 4.98 Å². The van der Waals surface area contributed by atoms with Crippen molar-refractivity contribution in [1.82, 2.24) is 9.55 Å². The van der Waals surface area contributed by atoms with E-state index in [1.165, 1.54) is 38.9 Å². The van der Waals surface area contributed by atoms with Crippen LogP contribution in [0.1, 0.15) is 22.4 Å². The van der Waals surface area contributed by atoms with Crippen LogP contribution in [0.4, 0.5) is 0 Å². The number of nitrogens with zero attached hydrogens (tertiary/aromatic N) is 2. The molecule has 0 bridgehead atoms. The third kappa shape index (κ3) is 2.74. The van der Waals surface area contributed by atoms with Crippen molar-refractivity contribution in [3.05, 3.63) is 89.2 Å². The summed E-state index contributed by atoms with van der Waals surface area (Å²) in [6.07, 6.45) is 1.93. The fourth-order valence-electron chi connectivity index (χ4n) is 3.48. The summed E-state index contributed by atoms with van der Waals surface area (Å²) in [6.45, 7) is 7.39. The smallest absolute Gasteiger partial charge is 0.0945 e. The molecule has 0 saturated heterocycles. The van der Waals surface area contributed by atoms with E-state index in [9.17, 15) is 0 Å². The van der Waals surface area contributed by atoms with E-state index in [0.29, 0.717) is 0 Å². The van der Waals surface area contributed by atoms with Gasteiger partial charge in [-0.25, -0.2) is 0 Å². The molecular weight excluding hydrogens is 304 g/mol. The molecule has 2 nitrogen and oxygen atoms in total. The summed E-state index contributed by atoms with van der Waals surface area (Å²) in [5.41, 5.74) is 8.67. The molecule has 0 saturated carbocycles. The van der Waals surface area contributed by atoms with Crippen molar-refractivity contribution < 1.29 is 0 Å². The molecule has 0 spiro atoms. The third-order valence-corrected chi connectivity index (χ3v) is 5.05. The number of hydrogen-bond donors (Lipinski definition) is 0. The van der Waals surface area contributed by atoms with Crippen molar-refractivity contribution in [2.75, 3.05) is 0 Å². The molecule has 2 heterocycles. The summed E-state index contributed by atoms with van der Waals surface area (Å²) in [7, 11) is 0. The summed E-state index contributed by atoms with van der Waals surface area (Å²) in [5.74, 6) is 0. The Labute approximate surface area is 148 Å². The summed E-state index contributed by atoms with van der Waals surface area (Å²) < 4.78 is 2.40. The van der Waals surface area contributed by atoms with Crippen molar-refractivity contribution in [2.24, 2.45) is 0 Å². The topological polar surface area (TPSA) is 17.8 Å². The maximum Gasteiger partial charge on any atom is 0.0945 e. The lowest BCUT2D eigenvalue weighted by molar-refractivity contribution is 0.800. The third-order valence-electron chi connectivity index (χ3n) is 5.05. The molecule has 2 aromatic carbocycles. The van der Waals surface area contributed by atoms with Crippen molar-refractivity contribution in [3.63, 3.8) is 0 Å². The first-order valence-corrected chi connectivity index (χ1v) is 8.70. The van der Waals surface area contributed by atoms with Gasteiger partial charge in [0.15, 0.2) is 0 Å². The van der Waals surface area contributed by atoms with Gasteiger partial charge >= 0.3 is 0 Å². The van der Waals surface area contributed by atoms with Gasteiger partial charge in [0, 0.05) is 29.4 Å². The first-order valence-electron chi connectivity index (χ1n) is 8.70. The van der Waals surface area contributed by atoms with E-state index in [1.807, 2.05) is 6.20 Å². The van der Waals surface area contributed by atoms with E-state index in [2.05, 4.69) is 86.0 Å². The van der Waals surface area contributed by atoms with Crippen LogP contribution in [0.2, 0.25) is 0 Å². The predicted molar refractivity (Wildman–Crippen MR) is 105 cm³/mol. The van der Waals surface area contributed by atoms with Crippen LogP contribution in [-0.4, -0.2) is 9.55 Å². The number of benzene rings is 2. The minimum absolute atomic E-state index is 0.863. The van der Waals surface area contributed by atoms with E-state index in [0.717, 1.165) is 12.2 Å². The molecule has 0 N–H and O–H groups in total. The highest BCUT2D eigenvalue weighted by molar-refractivity contribution is 5.95. The van der Waals surface area contributed by atoms with Crippen LogP contribution < -0.4 is 0 Å². The fraction of sp³-hybridized carbons (Fsp3) is 0.174. The Morgan fingerprint density at radius 1 is 0.840 bits per heavy atom. The molecule has 0 radical (unpaired) electrons. The normalized spacial score (nSPS) is 11.2. The maximum absolute atomic E-state index is 4.74. The van der Waals surface area contributed by atoms with Crippen molar-refractivity contribution in [3.8, 4) is 11.3 Å². The van der Waals surface area contributed by atoms with Gasteiger partial charge in [0.25, 0.3) is 0 Å². The highest BCUT2D eigenvalue weighted by atomic mass is 15.0. The Hall–Kier alpha value is -2.87. The second kappa shape index (κ2) is 6.21. The van der Waals surface area contributed by atoms with Crippen LogP contribution in [0, 0.1) is 20.8 Å². The van der Waals surface area contributed by atoms with Crippen LogP contribution in [0.5, 0.6) is 0 Å². The van der Waals surface area contributed by atoms with Gasteiger partial charge in [0.1, 0.15) is 0 Å². The SMILES string of the molecule is Cc1ccc(-c2nccc3c(C)c(C)n(Cc4ccccc4)c23)cc1. The van der Waals surface area contributed by atoms with E-state index >= 15 is 0 Å². The van der Waals surface area contributed by atoms with E-state index in [1.54, 1.807) is 0 Å². The summed E-state index contributed by atoms with van der Waals surface area (Å²) in [5, 5.41) is 1.29. The van der Waals surface area contributed by atoms with Crippen molar-refractivity contribution in [2.45, 2.75) is 27.3 Å². The van der Waals surface area contributed by atoms with Gasteiger partial charge in [0.05, 0.1) is 11.2 Å². The lowest BCUT2D eigenvalue weighted by atomic mass is 10.1. The maximum atomic E-state index is 4.74. The zero-order chi connectivity index (χ0) is 17.4. The number of pyridine rings is 1. The Kier molecular flexibility index (Phi) is 3.89. The predicted octanol–water partition coefficient (Wildman–Crippen LogP) is 5.68. The van der Waals surface area contributed by atoms with Gasteiger partial charge in [-0.05, 0) is 38.0 Å². The van der Waals surface area contributed by atoms with Gasteiger partial charge < -0.3 is 4.57 Å². The number of rotatable bonds is 3. The Morgan fingerprint density at radius 3 is 2.28 bits per heavy atom. The number of aromatic nitrogens is 2. The summed E-state index contributed by atoms with van der Waals surface area (Å²) in [6, 6.07) is 21.4. The zero-order valence-corrected chi connectivity index (χ0v) is 15.0. The minimum Gasteiger partial charge on any atom is -0.338 e. The molecule has 0 amide bonds. The molecule has 0 aliphatic rings. The zero-order valence-electron chi connectivity index (χ0n) is 15.0. The van der Waals surface area contributed by atoms with Crippen molar-refractivity contribution >= 4 is 10.9 Å². The molecule has 2 heteroatoms. The second-order valence-corrected chi connectivity index (χ2v) is 6.70. The van der Waals surface area contributed by atoms with Gasteiger partial charge in [-0.1, -0.05) is 60.2 Å². The molecule has 25 heavy (non-hydrogen) atoms. The van der Waals surface area contributed by atoms with Gasteiger partial charge in [-0.2, -0.15) is 0 Å². The Balaban J connectivity index is 1.96. The Bertz CT molecular complexity index is 1030. The fourth-order valence-corrected chi connectivity index (χ4v) is 3.48. The highest BCUT2D eigenvalue weighted by Gasteiger charge is 2.16. The number of fused-ring (bicyclic) bond motifs is 1. The molecule has 2 aromatic heterocycles. The lowest BCUT2D eigenvalue weighted by Gasteiger charge is -2.12. The van der Waals surface area contributed by atoms with E-state index in [4.69, 9.17) is 4.98 Å². The average Bonchev–Trinajstić information content (AvgIpc) is 2.88. The Morgan fingerprint density at radius 2 is 1.56 bits per heavy atom. The van der Waals surface area contributed by atoms with Gasteiger partial charge in [0.2, 0.25) is 0 Å². The largest absolute Gasteiger partial charge is 0.338 e. The molecule has 124 valence electrons. The van der Waals surface area contributed by atoms with Gasteiger partial charge in [-0.15, -0.1) is 0 Å². The van der Waals surface area contributed by atoms with Crippen LogP contribution in [0.15, 0.2) is 66.9 Å². The molecule has 0 aliphatic heterocycles. The lowest BCUT2D eigenvalue weighted by Crippen LogP contribution is -2.03. The molecule has 0 fully saturated rings. The molecular formula is C23H22N2. The van der Waals surface area contributed by atoms with E-state index < -0.39 is 0 Å². The van der Waals surface area contributed by atoms with Crippen molar-refractivity contribution in [1.29, 1.82) is 0 Å².